The number of nitrogens with zero attached hydrogens (tertiary/aromatic N) is 4. The quantitative estimate of drug-likeness (QED) is 0.561. The summed E-state index contributed by atoms with van der Waals surface area (Å²) in [6.45, 7) is 5.34. The topological polar surface area (TPSA) is 37.9 Å². The third kappa shape index (κ3) is 2.51. The minimum atomic E-state index is -0.473. The second-order valence-electron chi connectivity index (χ2n) is 7.06. The van der Waals surface area contributed by atoms with Crippen molar-refractivity contribution in [2.45, 2.75) is 33.0 Å². The lowest BCUT2D eigenvalue weighted by Crippen LogP contribution is -2.33. The molecule has 0 bridgehead atoms. The first-order valence-corrected chi connectivity index (χ1v) is 9.05. The van der Waals surface area contributed by atoms with E-state index in [0.717, 1.165) is 22.7 Å². The third-order valence-corrected chi connectivity index (χ3v) is 5.61. The van der Waals surface area contributed by atoms with Gasteiger partial charge in [-0.25, -0.2) is 18.3 Å². The van der Waals surface area contributed by atoms with Crippen molar-refractivity contribution < 1.29 is 14.2 Å². The summed E-state index contributed by atoms with van der Waals surface area (Å²) in [5.74, 6) is 2.29. The van der Waals surface area contributed by atoms with E-state index >= 15 is 0 Å². The number of aliphatic hydroxyl groups is 1. The van der Waals surface area contributed by atoms with E-state index in [4.69, 9.17) is 0 Å². The van der Waals surface area contributed by atoms with Gasteiger partial charge < -0.3 is 5.11 Å². The van der Waals surface area contributed by atoms with Gasteiger partial charge in [-0.15, -0.1) is 0 Å². The fourth-order valence-electron chi connectivity index (χ4n) is 3.95. The number of aliphatic hydroxyl groups excluding tert-OH is 1. The number of hydrogen-bond acceptors (Lipinski definition) is 1. The van der Waals surface area contributed by atoms with Crippen molar-refractivity contribution in [2.75, 3.05) is 0 Å². The summed E-state index contributed by atoms with van der Waals surface area (Å²) >= 11 is 0. The van der Waals surface area contributed by atoms with Crippen molar-refractivity contribution in [3.63, 3.8) is 0 Å². The van der Waals surface area contributed by atoms with E-state index in [1.165, 1.54) is 11.0 Å². The Kier molecular flexibility index (Phi) is 4.04. The predicted molar refractivity (Wildman–Crippen MR) is 102 cm³/mol. The Balaban J connectivity index is 1.68. The van der Waals surface area contributed by atoms with Gasteiger partial charge in [0.2, 0.25) is 0 Å². The Morgan fingerprint density at radius 3 is 1.58 bits per heavy atom. The summed E-state index contributed by atoms with van der Waals surface area (Å²) in [6, 6.07) is 16.7. The van der Waals surface area contributed by atoms with E-state index in [9.17, 15) is 5.11 Å². The molecule has 0 aliphatic carbocycles. The number of fused-ring (bicyclic) bond motifs is 2. The monoisotopic (exact) mass is 350 g/mol. The molecule has 1 N–H and O–H groups in total. The molecule has 5 heteroatoms. The highest BCUT2D eigenvalue weighted by atomic mass is 16.3. The standard InChI is InChI=1S/C21H26N4O/c1-15-22(3)18-9-5-7-11-20(18)24(15)13-17(26)14-25-16(2)23(4)19-10-6-8-12-21(19)25/h5-12,17,26H,13-14H2,1-4H3/q+2. The molecule has 134 valence electrons. The van der Waals surface area contributed by atoms with E-state index in [0.29, 0.717) is 13.1 Å². The molecular formula is C21H26N4O+2. The fraction of sp³-hybridized carbons (Fsp3) is 0.333. The van der Waals surface area contributed by atoms with Crippen LogP contribution in [0.5, 0.6) is 0 Å². The molecule has 5 nitrogen and oxygen atoms in total. The molecule has 0 amide bonds. The van der Waals surface area contributed by atoms with Crippen molar-refractivity contribution in [1.29, 1.82) is 0 Å². The molecule has 0 saturated carbocycles. The first kappa shape index (κ1) is 16.8. The van der Waals surface area contributed by atoms with Gasteiger partial charge in [-0.05, 0) is 24.3 Å². The zero-order valence-electron chi connectivity index (χ0n) is 15.8. The molecule has 2 aromatic heterocycles. The maximum Gasteiger partial charge on any atom is 0.254 e. The van der Waals surface area contributed by atoms with Crippen molar-refractivity contribution in [3.8, 4) is 0 Å². The molecule has 2 heterocycles. The highest BCUT2D eigenvalue weighted by Crippen LogP contribution is 2.17. The summed E-state index contributed by atoms with van der Waals surface area (Å²) in [7, 11) is 4.15. The number of aromatic nitrogens is 4. The van der Waals surface area contributed by atoms with Crippen molar-refractivity contribution >= 4 is 22.1 Å². The maximum atomic E-state index is 10.9. The molecule has 4 aromatic rings. The molecule has 4 rings (SSSR count). The second kappa shape index (κ2) is 6.25. The first-order chi connectivity index (χ1) is 12.5. The Morgan fingerprint density at radius 2 is 1.15 bits per heavy atom. The molecule has 0 aliphatic rings. The van der Waals surface area contributed by atoms with Crippen LogP contribution in [0.4, 0.5) is 0 Å². The highest BCUT2D eigenvalue weighted by molar-refractivity contribution is 5.73. The van der Waals surface area contributed by atoms with E-state index in [1.807, 2.05) is 12.1 Å². The normalized spacial score (nSPS) is 11.9. The lowest BCUT2D eigenvalue weighted by atomic mass is 10.2. The van der Waals surface area contributed by atoms with Crippen LogP contribution in [0, 0.1) is 13.8 Å². The highest BCUT2D eigenvalue weighted by Gasteiger charge is 2.25. The number of rotatable bonds is 4. The molecule has 0 saturated heterocycles. The van der Waals surface area contributed by atoms with Gasteiger partial charge in [0.25, 0.3) is 11.6 Å². The van der Waals surface area contributed by atoms with Crippen LogP contribution in [0.15, 0.2) is 48.5 Å². The van der Waals surface area contributed by atoms with Crippen molar-refractivity contribution in [2.24, 2.45) is 14.1 Å². The van der Waals surface area contributed by atoms with Gasteiger partial charge in [-0.2, -0.15) is 0 Å². The third-order valence-electron chi connectivity index (χ3n) is 5.61. The summed E-state index contributed by atoms with van der Waals surface area (Å²) in [6.07, 6.45) is -0.473. The van der Waals surface area contributed by atoms with Crippen LogP contribution >= 0.6 is 0 Å². The zero-order valence-corrected chi connectivity index (χ0v) is 15.8. The summed E-state index contributed by atoms with van der Waals surface area (Å²) in [4.78, 5) is 0. The van der Waals surface area contributed by atoms with Crippen LogP contribution in [0.25, 0.3) is 22.1 Å². The number of hydrogen-bond donors (Lipinski definition) is 1. The largest absolute Gasteiger partial charge is 0.385 e. The van der Waals surface area contributed by atoms with Crippen molar-refractivity contribution in [1.82, 2.24) is 9.13 Å². The van der Waals surface area contributed by atoms with Crippen LogP contribution in [0.1, 0.15) is 11.6 Å². The van der Waals surface area contributed by atoms with Gasteiger partial charge in [0.05, 0.1) is 14.1 Å². The van der Waals surface area contributed by atoms with Crippen LogP contribution < -0.4 is 9.13 Å². The number of imidazole rings is 2. The number of benzene rings is 2. The molecule has 2 aromatic carbocycles. The minimum absolute atomic E-state index is 0.473. The van der Waals surface area contributed by atoms with E-state index in [2.05, 4.69) is 82.6 Å². The van der Waals surface area contributed by atoms with Crippen LogP contribution in [0.2, 0.25) is 0 Å². The molecule has 0 radical (unpaired) electrons. The molecular weight excluding hydrogens is 324 g/mol. The molecule has 26 heavy (non-hydrogen) atoms. The van der Waals surface area contributed by atoms with Gasteiger partial charge in [0.15, 0.2) is 22.1 Å². The lowest BCUT2D eigenvalue weighted by molar-refractivity contribution is -0.652. The minimum Gasteiger partial charge on any atom is -0.385 e. The predicted octanol–water partition coefficient (Wildman–Crippen LogP) is 1.92. The summed E-state index contributed by atoms with van der Waals surface area (Å²) in [5, 5.41) is 10.9. The number of para-hydroxylation sites is 4. The molecule has 0 atom stereocenters. The summed E-state index contributed by atoms with van der Waals surface area (Å²) in [5.41, 5.74) is 4.69. The van der Waals surface area contributed by atoms with Gasteiger partial charge in [0.1, 0.15) is 19.2 Å². The maximum absolute atomic E-state index is 10.9. The lowest BCUT2D eigenvalue weighted by Gasteiger charge is -2.09. The number of aryl methyl sites for hydroxylation is 2. The average molecular weight is 350 g/mol. The van der Waals surface area contributed by atoms with Gasteiger partial charge >= 0.3 is 0 Å². The smallest absolute Gasteiger partial charge is 0.254 e. The Bertz CT molecular complexity index is 1020. The molecule has 0 spiro atoms. The van der Waals surface area contributed by atoms with E-state index < -0.39 is 6.10 Å². The second-order valence-corrected chi connectivity index (χ2v) is 7.06. The van der Waals surface area contributed by atoms with Crippen LogP contribution in [-0.4, -0.2) is 20.3 Å². The van der Waals surface area contributed by atoms with Gasteiger partial charge in [-0.3, -0.25) is 0 Å². The summed E-state index contributed by atoms with van der Waals surface area (Å²) < 4.78 is 8.78. The Hall–Kier alpha value is -2.66. The Labute approximate surface area is 153 Å². The fourth-order valence-corrected chi connectivity index (χ4v) is 3.95. The first-order valence-electron chi connectivity index (χ1n) is 9.05. The zero-order chi connectivity index (χ0) is 18.4. The van der Waals surface area contributed by atoms with Crippen LogP contribution in [-0.2, 0) is 27.2 Å². The average Bonchev–Trinajstić information content (AvgIpc) is 3.03. The molecule has 0 unspecified atom stereocenters. The molecule has 0 fully saturated rings. The molecule has 0 aliphatic heterocycles. The Morgan fingerprint density at radius 1 is 0.769 bits per heavy atom. The van der Waals surface area contributed by atoms with Gasteiger partial charge in [0, 0.05) is 13.8 Å². The SMILES string of the molecule is Cc1n(CC(O)Cn2c(C)[n+](C)c3ccccc32)c2ccccc2[n+]1C. The van der Waals surface area contributed by atoms with Crippen molar-refractivity contribution in [3.05, 3.63) is 60.2 Å². The van der Waals surface area contributed by atoms with Gasteiger partial charge in [-0.1, -0.05) is 24.3 Å². The van der Waals surface area contributed by atoms with E-state index in [-0.39, 0.29) is 0 Å². The van der Waals surface area contributed by atoms with E-state index in [1.54, 1.807) is 0 Å². The van der Waals surface area contributed by atoms with Crippen LogP contribution in [0.3, 0.4) is 0 Å².